The number of β-amino-alcohol motifs (C(OH)–C–C–N with tert-alkyl or cyclic N) is 1. The molecule has 1 atom stereocenters. The molecule has 2 aromatic carbocycles. The van der Waals surface area contributed by atoms with E-state index >= 15 is 0 Å². The van der Waals surface area contributed by atoms with Crippen molar-refractivity contribution in [1.82, 2.24) is 13.6 Å². The van der Waals surface area contributed by atoms with Gasteiger partial charge in [0.25, 0.3) is 0 Å². The third-order valence-corrected chi connectivity index (χ3v) is 4.52. The van der Waals surface area contributed by atoms with Crippen LogP contribution in [0.2, 0.25) is 0 Å². The van der Waals surface area contributed by atoms with Crippen molar-refractivity contribution in [3.8, 4) is 0 Å². The number of fused-ring (bicyclic) bond motifs is 2. The van der Waals surface area contributed by atoms with Gasteiger partial charge >= 0.3 is 0 Å². The quantitative estimate of drug-likeness (QED) is 0.790. The van der Waals surface area contributed by atoms with Gasteiger partial charge in [-0.25, -0.2) is 0 Å². The molecule has 1 aliphatic heterocycles. The van der Waals surface area contributed by atoms with E-state index in [2.05, 4.69) is 31.8 Å². The summed E-state index contributed by atoms with van der Waals surface area (Å²) in [5, 5.41) is 10.3. The van der Waals surface area contributed by atoms with Gasteiger partial charge in [0, 0.05) is 19.6 Å². The fourth-order valence-corrected chi connectivity index (χ4v) is 3.47. The van der Waals surface area contributed by atoms with Crippen molar-refractivity contribution in [3.63, 3.8) is 0 Å². The molecule has 0 saturated heterocycles. The summed E-state index contributed by atoms with van der Waals surface area (Å²) in [5.74, 6) is 0. The third-order valence-electron chi connectivity index (χ3n) is 3.96. The lowest BCUT2D eigenvalue weighted by Crippen LogP contribution is -2.33. The zero-order valence-corrected chi connectivity index (χ0v) is 12.3. The molecule has 1 unspecified atom stereocenters. The van der Waals surface area contributed by atoms with Crippen molar-refractivity contribution in [2.75, 3.05) is 6.54 Å². The molecule has 0 radical (unpaired) electrons. The van der Waals surface area contributed by atoms with E-state index in [1.54, 1.807) is 0 Å². The minimum absolute atomic E-state index is 0.403. The van der Waals surface area contributed by atoms with Crippen molar-refractivity contribution in [2.45, 2.75) is 19.2 Å². The van der Waals surface area contributed by atoms with E-state index in [4.69, 9.17) is 0 Å². The largest absolute Gasteiger partial charge is 0.387 e. The summed E-state index contributed by atoms with van der Waals surface area (Å²) in [4.78, 5) is 2.27. The number of aliphatic hydroxyl groups is 1. The highest BCUT2D eigenvalue weighted by Crippen LogP contribution is 2.27. The molecule has 4 nitrogen and oxygen atoms in total. The molecule has 106 valence electrons. The molecule has 0 amide bonds. The molecule has 1 N–H and O–H groups in total. The van der Waals surface area contributed by atoms with Crippen LogP contribution in [0.25, 0.3) is 11.0 Å². The van der Waals surface area contributed by atoms with Crippen LogP contribution in [0, 0.1) is 0 Å². The van der Waals surface area contributed by atoms with E-state index in [0.29, 0.717) is 6.54 Å². The molecule has 0 fully saturated rings. The summed E-state index contributed by atoms with van der Waals surface area (Å²) in [6.45, 7) is 2.36. The van der Waals surface area contributed by atoms with Crippen LogP contribution in [0.3, 0.4) is 0 Å². The van der Waals surface area contributed by atoms with Gasteiger partial charge < -0.3 is 5.11 Å². The number of aliphatic hydroxyl groups excluding tert-OH is 1. The Labute approximate surface area is 127 Å². The molecule has 0 spiro atoms. The third kappa shape index (κ3) is 2.44. The first kappa shape index (κ1) is 12.9. The second-order valence-corrected chi connectivity index (χ2v) is 6.00. The zero-order chi connectivity index (χ0) is 14.2. The fourth-order valence-electron chi connectivity index (χ4n) is 2.96. The topological polar surface area (TPSA) is 49.2 Å². The first-order valence-electron chi connectivity index (χ1n) is 6.99. The molecule has 1 aliphatic rings. The van der Waals surface area contributed by atoms with E-state index in [1.165, 1.54) is 22.9 Å². The summed E-state index contributed by atoms with van der Waals surface area (Å²) < 4.78 is 8.51. The monoisotopic (exact) mass is 297 g/mol. The van der Waals surface area contributed by atoms with E-state index < -0.39 is 6.10 Å². The predicted molar refractivity (Wildman–Crippen MR) is 82.9 cm³/mol. The lowest BCUT2D eigenvalue weighted by Gasteiger charge is -2.32. The second kappa shape index (κ2) is 5.18. The van der Waals surface area contributed by atoms with E-state index in [0.717, 1.165) is 29.7 Å². The summed E-state index contributed by atoms with van der Waals surface area (Å²) in [5.41, 5.74) is 5.39. The van der Waals surface area contributed by atoms with Crippen LogP contribution in [0.4, 0.5) is 0 Å². The summed E-state index contributed by atoms with van der Waals surface area (Å²) in [6, 6.07) is 14.3. The Hall–Kier alpha value is -1.82. The van der Waals surface area contributed by atoms with E-state index in [1.807, 2.05) is 24.3 Å². The number of rotatable bonds is 2. The lowest BCUT2D eigenvalue weighted by atomic mass is 9.97. The molecule has 4 rings (SSSR count). The average molecular weight is 297 g/mol. The van der Waals surface area contributed by atoms with Crippen LogP contribution in [-0.2, 0) is 13.1 Å². The summed E-state index contributed by atoms with van der Waals surface area (Å²) >= 11 is 1.25. The minimum atomic E-state index is -0.403. The Morgan fingerprint density at radius 2 is 2.00 bits per heavy atom. The van der Waals surface area contributed by atoms with E-state index in [-0.39, 0.29) is 0 Å². The van der Waals surface area contributed by atoms with Gasteiger partial charge in [0.05, 0.1) is 17.8 Å². The average Bonchev–Trinajstić information content (AvgIpc) is 2.95. The van der Waals surface area contributed by atoms with Gasteiger partial charge in [-0.05, 0) is 28.8 Å². The molecular formula is C16H15N3OS. The Balaban J connectivity index is 1.58. The molecule has 2 heterocycles. The normalized spacial score (nSPS) is 18.8. The number of hydrogen-bond acceptors (Lipinski definition) is 5. The number of aromatic nitrogens is 2. The minimum Gasteiger partial charge on any atom is -0.387 e. The van der Waals surface area contributed by atoms with Crippen LogP contribution >= 0.6 is 11.7 Å². The van der Waals surface area contributed by atoms with Gasteiger partial charge in [-0.1, -0.05) is 30.3 Å². The lowest BCUT2D eigenvalue weighted by molar-refractivity contribution is 0.0882. The van der Waals surface area contributed by atoms with Crippen molar-refractivity contribution in [1.29, 1.82) is 0 Å². The first-order chi connectivity index (χ1) is 10.3. The van der Waals surface area contributed by atoms with Crippen molar-refractivity contribution >= 4 is 22.8 Å². The van der Waals surface area contributed by atoms with Gasteiger partial charge in [-0.3, -0.25) is 4.90 Å². The van der Waals surface area contributed by atoms with Crippen molar-refractivity contribution < 1.29 is 5.11 Å². The van der Waals surface area contributed by atoms with Gasteiger partial charge in [-0.15, -0.1) is 0 Å². The Morgan fingerprint density at radius 1 is 1.14 bits per heavy atom. The summed E-state index contributed by atoms with van der Waals surface area (Å²) in [6.07, 6.45) is -0.403. The number of benzene rings is 2. The molecule has 5 heteroatoms. The van der Waals surface area contributed by atoms with Crippen molar-refractivity contribution in [3.05, 3.63) is 59.2 Å². The standard InChI is InChI=1S/C16H15N3OS/c20-16-10-19(9-12-3-1-2-4-13(12)16)8-11-5-6-14-15(7-11)18-21-17-14/h1-7,16,20H,8-10H2. The number of hydrogen-bond donors (Lipinski definition) is 1. The molecule has 0 aliphatic carbocycles. The second-order valence-electron chi connectivity index (χ2n) is 5.47. The van der Waals surface area contributed by atoms with Crippen LogP contribution in [-0.4, -0.2) is 25.3 Å². The van der Waals surface area contributed by atoms with Crippen LogP contribution in [0.1, 0.15) is 22.8 Å². The molecule has 0 saturated carbocycles. The van der Waals surface area contributed by atoms with Crippen LogP contribution in [0.5, 0.6) is 0 Å². The van der Waals surface area contributed by atoms with Gasteiger partial charge in [0.1, 0.15) is 11.0 Å². The molecule has 3 aromatic rings. The summed E-state index contributed by atoms with van der Waals surface area (Å²) in [7, 11) is 0. The van der Waals surface area contributed by atoms with E-state index in [9.17, 15) is 5.11 Å². The molecule has 1 aromatic heterocycles. The van der Waals surface area contributed by atoms with Crippen LogP contribution in [0.15, 0.2) is 42.5 Å². The molecule has 21 heavy (non-hydrogen) atoms. The fraction of sp³-hybridized carbons (Fsp3) is 0.250. The first-order valence-corrected chi connectivity index (χ1v) is 7.72. The highest BCUT2D eigenvalue weighted by molar-refractivity contribution is 7.00. The SMILES string of the molecule is OC1CN(Cc2ccc3nsnc3c2)Cc2ccccc21. The van der Waals surface area contributed by atoms with Crippen molar-refractivity contribution in [2.24, 2.45) is 0 Å². The predicted octanol–water partition coefficient (Wildman–Crippen LogP) is 2.74. The maximum absolute atomic E-state index is 10.3. The maximum atomic E-state index is 10.3. The van der Waals surface area contributed by atoms with Gasteiger partial charge in [-0.2, -0.15) is 8.75 Å². The van der Waals surface area contributed by atoms with Gasteiger partial charge in [0.2, 0.25) is 0 Å². The highest BCUT2D eigenvalue weighted by atomic mass is 32.1. The highest BCUT2D eigenvalue weighted by Gasteiger charge is 2.23. The smallest absolute Gasteiger partial charge is 0.105 e. The maximum Gasteiger partial charge on any atom is 0.105 e. The Bertz CT molecular complexity index is 786. The van der Waals surface area contributed by atoms with Crippen LogP contribution < -0.4 is 0 Å². The zero-order valence-electron chi connectivity index (χ0n) is 11.4. The Morgan fingerprint density at radius 3 is 2.95 bits per heavy atom. The molecule has 0 bridgehead atoms. The molecular weight excluding hydrogens is 282 g/mol. The number of nitrogens with zero attached hydrogens (tertiary/aromatic N) is 3. The van der Waals surface area contributed by atoms with Gasteiger partial charge in [0.15, 0.2) is 0 Å². The Kier molecular flexibility index (Phi) is 3.18.